The molecule has 5 rings (SSSR count). The second-order valence-electron chi connectivity index (χ2n) is 9.37. The molecule has 0 unspecified atom stereocenters. The minimum absolute atomic E-state index is 0.123. The Balaban J connectivity index is 1.43. The Morgan fingerprint density at radius 1 is 1.00 bits per heavy atom. The van der Waals surface area contributed by atoms with Gasteiger partial charge in [0.25, 0.3) is 11.5 Å². The molecule has 2 aromatic heterocycles. The first-order valence-electron chi connectivity index (χ1n) is 12.8. The molecule has 0 spiro atoms. The molecule has 0 aliphatic carbocycles. The first kappa shape index (κ1) is 25.6. The lowest BCUT2D eigenvalue weighted by atomic mass is 10.2. The van der Waals surface area contributed by atoms with Crippen LogP contribution in [-0.2, 0) is 11.3 Å². The number of anilines is 1. The summed E-state index contributed by atoms with van der Waals surface area (Å²) in [6, 6.07) is 16.0. The molecule has 4 heterocycles. The molecule has 1 amide bonds. The van der Waals surface area contributed by atoms with E-state index in [0.717, 1.165) is 52.0 Å². The molecular formula is C28H31N5O2S2. The summed E-state index contributed by atoms with van der Waals surface area (Å²) >= 11 is 6.78. The van der Waals surface area contributed by atoms with Gasteiger partial charge in [-0.15, -0.1) is 0 Å². The number of hydrogen-bond donors (Lipinski definition) is 0. The van der Waals surface area contributed by atoms with Crippen LogP contribution in [0.4, 0.5) is 5.82 Å². The van der Waals surface area contributed by atoms with Crippen LogP contribution in [-0.4, -0.2) is 62.1 Å². The number of nitrogens with zero attached hydrogens (tertiary/aromatic N) is 5. The van der Waals surface area contributed by atoms with Crippen LogP contribution in [0.1, 0.15) is 37.3 Å². The fraction of sp³-hybridized carbons (Fsp3) is 0.357. The molecule has 7 nitrogen and oxygen atoms in total. The van der Waals surface area contributed by atoms with Gasteiger partial charge in [0, 0.05) is 45.5 Å². The van der Waals surface area contributed by atoms with Gasteiger partial charge >= 0.3 is 0 Å². The summed E-state index contributed by atoms with van der Waals surface area (Å²) in [6.45, 7) is 6.87. The van der Waals surface area contributed by atoms with Crippen LogP contribution in [0, 0.1) is 0 Å². The van der Waals surface area contributed by atoms with Crippen LogP contribution in [0.3, 0.4) is 0 Å². The number of hydrogen-bond acceptors (Lipinski definition) is 7. The van der Waals surface area contributed by atoms with E-state index < -0.39 is 0 Å². The van der Waals surface area contributed by atoms with Gasteiger partial charge in [0.05, 0.1) is 10.5 Å². The van der Waals surface area contributed by atoms with E-state index in [2.05, 4.69) is 41.0 Å². The zero-order chi connectivity index (χ0) is 25.8. The molecule has 1 aromatic carbocycles. The van der Waals surface area contributed by atoms with E-state index in [1.807, 2.05) is 24.3 Å². The van der Waals surface area contributed by atoms with Crippen LogP contribution < -0.4 is 10.5 Å². The molecule has 2 aliphatic heterocycles. The number of piperazine rings is 1. The summed E-state index contributed by atoms with van der Waals surface area (Å²) in [4.78, 5) is 38.5. The lowest BCUT2D eigenvalue weighted by Gasteiger charge is -2.36. The molecule has 0 N–H and O–H groups in total. The highest BCUT2D eigenvalue weighted by Crippen LogP contribution is 2.34. The lowest BCUT2D eigenvalue weighted by Crippen LogP contribution is -2.47. The molecule has 0 bridgehead atoms. The van der Waals surface area contributed by atoms with Gasteiger partial charge in [-0.1, -0.05) is 80.1 Å². The summed E-state index contributed by atoms with van der Waals surface area (Å²) in [5, 5.41) is 0. The summed E-state index contributed by atoms with van der Waals surface area (Å²) in [6.07, 6.45) is 6.46. The van der Waals surface area contributed by atoms with Gasteiger partial charge in [0.2, 0.25) is 0 Å². The Morgan fingerprint density at radius 2 is 1.76 bits per heavy atom. The van der Waals surface area contributed by atoms with E-state index in [9.17, 15) is 9.59 Å². The van der Waals surface area contributed by atoms with Gasteiger partial charge < -0.3 is 4.90 Å². The Bertz CT molecular complexity index is 1380. The minimum atomic E-state index is -0.177. The summed E-state index contributed by atoms with van der Waals surface area (Å²) < 4.78 is 2.10. The van der Waals surface area contributed by atoms with Crippen LogP contribution in [0.15, 0.2) is 64.4 Å². The van der Waals surface area contributed by atoms with E-state index in [4.69, 9.17) is 17.2 Å². The fourth-order valence-corrected chi connectivity index (χ4v) is 6.05. The first-order valence-corrected chi connectivity index (χ1v) is 14.1. The zero-order valence-electron chi connectivity index (χ0n) is 21.0. The highest BCUT2D eigenvalue weighted by Gasteiger charge is 2.32. The van der Waals surface area contributed by atoms with Crippen molar-refractivity contribution in [3.8, 4) is 0 Å². The maximum Gasteiger partial charge on any atom is 0.267 e. The standard InChI is InChI=1S/C28H31N5O2S2/c1-2-3-8-14-33-27(35)23(37-28(33)36)19-22-25(29-24-12-7-9-13-32(24)26(22)34)31-17-15-30(16-18-31)20-21-10-5-4-6-11-21/h4-7,9-13,19H,2-3,8,14-18,20H2,1H3/b23-19-. The monoisotopic (exact) mass is 533 g/mol. The molecular weight excluding hydrogens is 502 g/mol. The normalized spacial score (nSPS) is 17.9. The molecule has 2 fully saturated rings. The third kappa shape index (κ3) is 5.63. The molecule has 2 aliphatic rings. The van der Waals surface area contributed by atoms with Crippen LogP contribution >= 0.6 is 24.0 Å². The minimum Gasteiger partial charge on any atom is -0.353 e. The molecule has 2 saturated heterocycles. The first-order chi connectivity index (χ1) is 18.0. The third-order valence-corrected chi connectivity index (χ3v) is 8.18. The Morgan fingerprint density at radius 3 is 2.51 bits per heavy atom. The number of benzene rings is 1. The SMILES string of the molecule is CCCCCN1C(=O)/C(=C/c2c(N3CCN(Cc4ccccc4)CC3)nc3ccccn3c2=O)SC1=S. The van der Waals surface area contributed by atoms with Crippen molar-refractivity contribution < 1.29 is 4.79 Å². The predicted octanol–water partition coefficient (Wildman–Crippen LogP) is 4.41. The second-order valence-corrected chi connectivity index (χ2v) is 11.0. The smallest absolute Gasteiger partial charge is 0.267 e. The van der Waals surface area contributed by atoms with Crippen molar-refractivity contribution in [1.29, 1.82) is 0 Å². The van der Waals surface area contributed by atoms with Crippen molar-refractivity contribution in [2.45, 2.75) is 32.7 Å². The molecule has 0 saturated carbocycles. The number of pyridine rings is 1. The van der Waals surface area contributed by atoms with Crippen LogP contribution in [0.5, 0.6) is 0 Å². The molecule has 192 valence electrons. The summed E-state index contributed by atoms with van der Waals surface area (Å²) in [5.74, 6) is 0.508. The van der Waals surface area contributed by atoms with Crippen molar-refractivity contribution in [3.05, 3.63) is 81.1 Å². The van der Waals surface area contributed by atoms with E-state index in [0.29, 0.717) is 32.8 Å². The number of thiocarbonyl (C=S) groups is 1. The van der Waals surface area contributed by atoms with Crippen molar-refractivity contribution in [2.24, 2.45) is 0 Å². The number of aromatic nitrogens is 2. The number of thioether (sulfide) groups is 1. The Hall–Kier alpha value is -3.01. The average molecular weight is 534 g/mol. The van der Waals surface area contributed by atoms with E-state index in [-0.39, 0.29) is 11.5 Å². The van der Waals surface area contributed by atoms with E-state index >= 15 is 0 Å². The largest absolute Gasteiger partial charge is 0.353 e. The maximum atomic E-state index is 13.6. The topological polar surface area (TPSA) is 61.2 Å². The molecule has 0 atom stereocenters. The molecule has 37 heavy (non-hydrogen) atoms. The van der Waals surface area contributed by atoms with Gasteiger partial charge in [-0.2, -0.15) is 0 Å². The maximum absolute atomic E-state index is 13.6. The Kier molecular flexibility index (Phi) is 8.02. The zero-order valence-corrected chi connectivity index (χ0v) is 22.6. The lowest BCUT2D eigenvalue weighted by molar-refractivity contribution is -0.122. The predicted molar refractivity (Wildman–Crippen MR) is 155 cm³/mol. The number of rotatable bonds is 8. The highest BCUT2D eigenvalue weighted by molar-refractivity contribution is 8.26. The molecule has 9 heteroatoms. The number of unbranched alkanes of at least 4 members (excludes halogenated alkanes) is 2. The fourth-order valence-electron chi connectivity index (χ4n) is 4.76. The Labute approximate surface area is 226 Å². The number of carbonyl (C=O) groups excluding carboxylic acids is 1. The van der Waals surface area contributed by atoms with E-state index in [1.54, 1.807) is 21.6 Å². The number of fused-ring (bicyclic) bond motifs is 1. The van der Waals surface area contributed by atoms with Crippen molar-refractivity contribution in [2.75, 3.05) is 37.6 Å². The second kappa shape index (κ2) is 11.6. The highest BCUT2D eigenvalue weighted by atomic mass is 32.2. The van der Waals surface area contributed by atoms with Crippen LogP contribution in [0.25, 0.3) is 11.7 Å². The van der Waals surface area contributed by atoms with Gasteiger partial charge in [0.1, 0.15) is 15.8 Å². The van der Waals surface area contributed by atoms with Gasteiger partial charge in [-0.05, 0) is 30.2 Å². The van der Waals surface area contributed by atoms with Crippen molar-refractivity contribution >= 4 is 51.7 Å². The molecule has 0 radical (unpaired) electrons. The number of amides is 1. The molecule has 3 aromatic rings. The average Bonchev–Trinajstić information content (AvgIpc) is 3.19. The van der Waals surface area contributed by atoms with Gasteiger partial charge in [-0.25, -0.2) is 4.98 Å². The van der Waals surface area contributed by atoms with E-state index in [1.165, 1.54) is 17.3 Å². The summed E-state index contributed by atoms with van der Waals surface area (Å²) in [7, 11) is 0. The van der Waals surface area contributed by atoms with Crippen molar-refractivity contribution in [1.82, 2.24) is 19.2 Å². The van der Waals surface area contributed by atoms with Crippen molar-refractivity contribution in [3.63, 3.8) is 0 Å². The summed E-state index contributed by atoms with van der Waals surface area (Å²) in [5.41, 5.74) is 2.15. The van der Waals surface area contributed by atoms with Gasteiger partial charge in [0.15, 0.2) is 0 Å². The van der Waals surface area contributed by atoms with Gasteiger partial charge in [-0.3, -0.25) is 23.8 Å². The quantitative estimate of drug-likeness (QED) is 0.242. The van der Waals surface area contributed by atoms with Crippen LogP contribution in [0.2, 0.25) is 0 Å². The number of carbonyl (C=O) groups is 1. The third-order valence-electron chi connectivity index (χ3n) is 6.80.